The Morgan fingerprint density at radius 2 is 2.26 bits per heavy atom. The zero-order valence-electron chi connectivity index (χ0n) is 11.5. The summed E-state index contributed by atoms with van der Waals surface area (Å²) in [6.07, 6.45) is 0. The number of carbonyl (C=O) groups excluding carboxylic acids is 1. The molecule has 2 rings (SSSR count). The van der Waals surface area contributed by atoms with Gasteiger partial charge in [0.25, 0.3) is 0 Å². The number of hydrogen-bond acceptors (Lipinski definition) is 3. The second-order valence-corrected chi connectivity index (χ2v) is 6.01. The molecule has 1 heterocycles. The Labute approximate surface area is 117 Å². The lowest BCUT2D eigenvalue weighted by atomic mass is 10.2. The molecule has 0 saturated heterocycles. The van der Waals surface area contributed by atoms with E-state index in [0.717, 1.165) is 22.7 Å². The van der Waals surface area contributed by atoms with Gasteiger partial charge in [0.05, 0.1) is 16.8 Å². The minimum Gasteiger partial charge on any atom is -0.355 e. The Hall–Kier alpha value is -1.49. The van der Waals surface area contributed by atoms with Gasteiger partial charge in [-0.2, -0.15) is 0 Å². The largest absolute Gasteiger partial charge is 0.355 e. The number of nitrogens with zero attached hydrogens (tertiary/aromatic N) is 1. The first-order valence-electron chi connectivity index (χ1n) is 6.40. The van der Waals surface area contributed by atoms with E-state index >= 15 is 0 Å². The maximum Gasteiger partial charge on any atom is 0.230 e. The monoisotopic (exact) mass is 277 g/mol. The highest BCUT2D eigenvalue weighted by Crippen LogP contribution is 2.20. The second-order valence-electron chi connectivity index (χ2n) is 5.05. The smallest absolute Gasteiger partial charge is 0.230 e. The standard InChI is InChI=1S/C14H19N3OS/c1-9(2)7-15-13(18)8-19-14-16-11-5-4-10(3)6-12(11)17-14/h4-6,9H,7-8H2,1-3H3,(H,15,18)(H,16,17). The Balaban J connectivity index is 1.92. The fourth-order valence-electron chi connectivity index (χ4n) is 1.67. The van der Waals surface area contributed by atoms with Gasteiger partial charge in [-0.3, -0.25) is 4.79 Å². The van der Waals surface area contributed by atoms with Gasteiger partial charge in [-0.15, -0.1) is 0 Å². The Morgan fingerprint density at radius 1 is 1.47 bits per heavy atom. The number of carbonyl (C=O) groups is 1. The zero-order valence-corrected chi connectivity index (χ0v) is 12.3. The van der Waals surface area contributed by atoms with Gasteiger partial charge in [-0.25, -0.2) is 4.98 Å². The van der Waals surface area contributed by atoms with E-state index in [1.807, 2.05) is 19.1 Å². The average molecular weight is 277 g/mol. The Morgan fingerprint density at radius 3 is 3.00 bits per heavy atom. The molecule has 1 aromatic carbocycles. The molecule has 0 spiro atoms. The van der Waals surface area contributed by atoms with E-state index < -0.39 is 0 Å². The number of aromatic nitrogens is 2. The summed E-state index contributed by atoms with van der Waals surface area (Å²) in [5.41, 5.74) is 3.16. The van der Waals surface area contributed by atoms with E-state index in [0.29, 0.717) is 11.7 Å². The summed E-state index contributed by atoms with van der Waals surface area (Å²) in [4.78, 5) is 19.3. The van der Waals surface area contributed by atoms with E-state index in [4.69, 9.17) is 0 Å². The molecule has 1 amide bonds. The highest BCUT2D eigenvalue weighted by atomic mass is 32.2. The number of hydrogen-bond donors (Lipinski definition) is 2. The lowest BCUT2D eigenvalue weighted by Crippen LogP contribution is -2.28. The molecule has 1 aromatic heterocycles. The Bertz CT molecular complexity index is 577. The third kappa shape index (κ3) is 3.99. The van der Waals surface area contributed by atoms with Crippen molar-refractivity contribution in [3.8, 4) is 0 Å². The lowest BCUT2D eigenvalue weighted by Gasteiger charge is -2.06. The molecule has 2 N–H and O–H groups in total. The summed E-state index contributed by atoms with van der Waals surface area (Å²) >= 11 is 1.43. The number of fused-ring (bicyclic) bond motifs is 1. The topological polar surface area (TPSA) is 57.8 Å². The molecule has 19 heavy (non-hydrogen) atoms. The minimum atomic E-state index is 0.0512. The van der Waals surface area contributed by atoms with Gasteiger partial charge in [0.2, 0.25) is 5.91 Å². The van der Waals surface area contributed by atoms with Crippen LogP contribution in [0.2, 0.25) is 0 Å². The van der Waals surface area contributed by atoms with Gasteiger partial charge in [0, 0.05) is 6.54 Å². The van der Waals surface area contributed by atoms with Crippen molar-refractivity contribution in [3.63, 3.8) is 0 Å². The molecule has 2 aromatic rings. The first kappa shape index (κ1) is 13.9. The maximum atomic E-state index is 11.6. The molecule has 0 atom stereocenters. The number of nitrogens with one attached hydrogen (secondary N) is 2. The van der Waals surface area contributed by atoms with E-state index in [1.54, 1.807) is 0 Å². The highest BCUT2D eigenvalue weighted by Gasteiger charge is 2.07. The number of benzene rings is 1. The number of amides is 1. The molecule has 4 nitrogen and oxygen atoms in total. The van der Waals surface area contributed by atoms with Gasteiger partial charge < -0.3 is 10.3 Å². The normalized spacial score (nSPS) is 11.2. The number of aromatic amines is 1. The summed E-state index contributed by atoms with van der Waals surface area (Å²) in [5.74, 6) is 0.921. The zero-order chi connectivity index (χ0) is 13.8. The van der Waals surface area contributed by atoms with Crippen LogP contribution in [0.3, 0.4) is 0 Å². The Kier molecular flexibility index (Phi) is 4.47. The fourth-order valence-corrected chi connectivity index (χ4v) is 2.39. The number of rotatable bonds is 5. The van der Waals surface area contributed by atoms with E-state index in [1.165, 1.54) is 17.3 Å². The van der Waals surface area contributed by atoms with Crippen LogP contribution < -0.4 is 5.32 Å². The molecular weight excluding hydrogens is 258 g/mol. The molecule has 0 bridgehead atoms. The summed E-state index contributed by atoms with van der Waals surface area (Å²) < 4.78 is 0. The molecule has 5 heteroatoms. The van der Waals surface area contributed by atoms with E-state index in [9.17, 15) is 4.79 Å². The van der Waals surface area contributed by atoms with Crippen LogP contribution in [-0.2, 0) is 4.79 Å². The van der Waals surface area contributed by atoms with Crippen molar-refractivity contribution in [1.29, 1.82) is 0 Å². The second kappa shape index (κ2) is 6.10. The maximum absolute atomic E-state index is 11.6. The quantitative estimate of drug-likeness (QED) is 0.826. The first-order valence-corrected chi connectivity index (χ1v) is 7.39. The van der Waals surface area contributed by atoms with Gasteiger partial charge >= 0.3 is 0 Å². The molecule has 0 aliphatic rings. The van der Waals surface area contributed by atoms with Crippen LogP contribution in [0, 0.1) is 12.8 Å². The predicted octanol–water partition coefficient (Wildman–Crippen LogP) is 2.74. The number of imidazole rings is 1. The molecule has 0 radical (unpaired) electrons. The summed E-state index contributed by atoms with van der Waals surface area (Å²) in [6.45, 7) is 6.93. The summed E-state index contributed by atoms with van der Waals surface area (Å²) in [7, 11) is 0. The van der Waals surface area contributed by atoms with Crippen LogP contribution in [-0.4, -0.2) is 28.2 Å². The lowest BCUT2D eigenvalue weighted by molar-refractivity contribution is -0.118. The summed E-state index contributed by atoms with van der Waals surface area (Å²) in [6, 6.07) is 6.09. The van der Waals surface area contributed by atoms with Gasteiger partial charge in [0.1, 0.15) is 0 Å². The van der Waals surface area contributed by atoms with Gasteiger partial charge in [-0.05, 0) is 30.5 Å². The molecular formula is C14H19N3OS. The van der Waals surface area contributed by atoms with Crippen molar-refractivity contribution < 1.29 is 4.79 Å². The third-order valence-electron chi connectivity index (χ3n) is 2.66. The van der Waals surface area contributed by atoms with Gasteiger partial charge in [0.15, 0.2) is 5.16 Å². The number of H-pyrrole nitrogens is 1. The minimum absolute atomic E-state index is 0.0512. The number of thioether (sulfide) groups is 1. The molecule has 0 saturated carbocycles. The SMILES string of the molecule is Cc1ccc2nc(SCC(=O)NCC(C)C)[nH]c2c1. The van der Waals surface area contributed by atoms with Crippen LogP contribution in [0.4, 0.5) is 0 Å². The molecule has 0 unspecified atom stereocenters. The van der Waals surface area contributed by atoms with E-state index in [-0.39, 0.29) is 5.91 Å². The third-order valence-corrected chi connectivity index (χ3v) is 3.54. The molecule has 102 valence electrons. The molecule has 0 aliphatic carbocycles. The van der Waals surface area contributed by atoms with Crippen LogP contribution in [0.5, 0.6) is 0 Å². The van der Waals surface area contributed by atoms with Crippen molar-refractivity contribution in [1.82, 2.24) is 15.3 Å². The van der Waals surface area contributed by atoms with Gasteiger partial charge in [-0.1, -0.05) is 31.7 Å². The number of aryl methyl sites for hydroxylation is 1. The van der Waals surface area contributed by atoms with Crippen molar-refractivity contribution in [2.45, 2.75) is 25.9 Å². The van der Waals surface area contributed by atoms with Crippen LogP contribution in [0.25, 0.3) is 11.0 Å². The predicted molar refractivity (Wildman–Crippen MR) is 79.4 cm³/mol. The van der Waals surface area contributed by atoms with Crippen LogP contribution >= 0.6 is 11.8 Å². The van der Waals surface area contributed by atoms with Crippen molar-refractivity contribution in [3.05, 3.63) is 23.8 Å². The van der Waals surface area contributed by atoms with Crippen LogP contribution in [0.1, 0.15) is 19.4 Å². The summed E-state index contributed by atoms with van der Waals surface area (Å²) in [5, 5.41) is 3.69. The van der Waals surface area contributed by atoms with E-state index in [2.05, 4.69) is 35.2 Å². The average Bonchev–Trinajstić information content (AvgIpc) is 2.75. The van der Waals surface area contributed by atoms with Crippen molar-refractivity contribution >= 4 is 28.7 Å². The van der Waals surface area contributed by atoms with Crippen molar-refractivity contribution in [2.75, 3.05) is 12.3 Å². The molecule has 0 aliphatic heterocycles. The molecule has 0 fully saturated rings. The van der Waals surface area contributed by atoms with Crippen LogP contribution in [0.15, 0.2) is 23.4 Å². The van der Waals surface area contributed by atoms with Crippen molar-refractivity contribution in [2.24, 2.45) is 5.92 Å². The highest BCUT2D eigenvalue weighted by molar-refractivity contribution is 7.99. The fraction of sp³-hybridized carbons (Fsp3) is 0.429. The first-order chi connectivity index (χ1) is 9.04.